The molecule has 0 aliphatic rings. The second-order valence-corrected chi connectivity index (χ2v) is 1.34. The Morgan fingerprint density at radius 2 is 0.833 bits per heavy atom. The van der Waals surface area contributed by atoms with Gasteiger partial charge in [-0.15, -0.1) is 0 Å². The van der Waals surface area contributed by atoms with Crippen molar-refractivity contribution >= 4 is 23.9 Å². The van der Waals surface area contributed by atoms with Gasteiger partial charge < -0.3 is 28.8 Å². The standard InChI is InChI=1S/Na.H2O4S.5H2O.H2S.H/c;1-5(2,3)4;;;;;;;/h;(H2,1,2,3,4);6*1H2;/q+1;;;;;;;;-1. The quantitative estimate of drug-likeness (QED) is 0.312. The van der Waals surface area contributed by atoms with E-state index < -0.39 is 10.4 Å². The van der Waals surface area contributed by atoms with E-state index in [-0.39, 0.29) is 71.9 Å². The molecule has 12 heavy (non-hydrogen) atoms. The fourth-order valence-corrected chi connectivity index (χ4v) is 0. The Morgan fingerprint density at radius 1 is 0.833 bits per heavy atom. The molecule has 0 spiro atoms. The third kappa shape index (κ3) is 1060. The second kappa shape index (κ2) is 29.6. The maximum Gasteiger partial charge on any atom is 1.00 e. The Morgan fingerprint density at radius 3 is 0.833 bits per heavy atom. The maximum absolute atomic E-state index is 8.74. The number of hydrogen-bond acceptors (Lipinski definition) is 2. The van der Waals surface area contributed by atoms with Crippen molar-refractivity contribution in [1.82, 2.24) is 0 Å². The van der Waals surface area contributed by atoms with Crippen LogP contribution in [0.3, 0.4) is 0 Å². The Kier molecular flexibility index (Phi) is 184. The summed E-state index contributed by atoms with van der Waals surface area (Å²) in [6.45, 7) is 0. The van der Waals surface area contributed by atoms with E-state index >= 15 is 0 Å². The van der Waals surface area contributed by atoms with Gasteiger partial charge in [0.15, 0.2) is 0 Å². The summed E-state index contributed by atoms with van der Waals surface area (Å²) in [4.78, 5) is 0. The predicted molar refractivity (Wildman–Crippen MR) is 43.7 cm³/mol. The summed E-state index contributed by atoms with van der Waals surface area (Å²) < 4.78 is 31.6. The molecule has 0 aliphatic heterocycles. The molecular weight excluding hydrogens is 231 g/mol. The molecule has 0 rings (SSSR count). The first-order valence-corrected chi connectivity index (χ1v) is 2.10. The molecule has 12 N–H and O–H groups in total. The van der Waals surface area contributed by atoms with Gasteiger partial charge in [-0.05, 0) is 0 Å². The molecule has 0 radical (unpaired) electrons. The summed E-state index contributed by atoms with van der Waals surface area (Å²) in [7, 11) is -4.67. The average Bonchev–Trinajstić information content (AvgIpc) is 0.722. The molecule has 0 aromatic heterocycles. The molecule has 0 bridgehead atoms. The summed E-state index contributed by atoms with van der Waals surface area (Å²) in [5.41, 5.74) is 0. The predicted octanol–water partition coefficient (Wildman–Crippen LogP) is -7.55. The van der Waals surface area contributed by atoms with Gasteiger partial charge in [-0.1, -0.05) is 0 Å². The Bertz CT molecular complexity index is 101. The molecule has 0 heterocycles. The van der Waals surface area contributed by atoms with Gasteiger partial charge in [-0.3, -0.25) is 9.11 Å². The monoisotopic (exact) mass is 246 g/mol. The minimum absolute atomic E-state index is 0. The topological polar surface area (TPSA) is 232 Å². The van der Waals surface area contributed by atoms with Gasteiger partial charge in [0.05, 0.1) is 0 Å². The fourth-order valence-electron chi connectivity index (χ4n) is 0. The average molecular weight is 246 g/mol. The summed E-state index contributed by atoms with van der Waals surface area (Å²) >= 11 is 0. The van der Waals surface area contributed by atoms with Gasteiger partial charge >= 0.3 is 40.0 Å². The maximum atomic E-state index is 8.74. The number of hydrogen-bond donors (Lipinski definition) is 2. The van der Waals surface area contributed by atoms with E-state index in [2.05, 4.69) is 0 Å². The second-order valence-electron chi connectivity index (χ2n) is 0.448. The van der Waals surface area contributed by atoms with Crippen molar-refractivity contribution in [2.45, 2.75) is 0 Å². The van der Waals surface area contributed by atoms with Crippen LogP contribution in [-0.4, -0.2) is 44.9 Å². The molecule has 0 fully saturated rings. The molecule has 12 heteroatoms. The molecule has 0 atom stereocenters. The van der Waals surface area contributed by atoms with Crippen molar-refractivity contribution in [3.63, 3.8) is 0 Å². The van der Waals surface area contributed by atoms with E-state index in [1.165, 1.54) is 0 Å². The van der Waals surface area contributed by atoms with Crippen molar-refractivity contribution in [1.29, 1.82) is 0 Å². The molecular formula is H15NaO9S2. The summed E-state index contributed by atoms with van der Waals surface area (Å²) in [5, 5.41) is 0. The summed E-state index contributed by atoms with van der Waals surface area (Å²) in [6.07, 6.45) is 0. The van der Waals surface area contributed by atoms with Crippen LogP contribution in [0.1, 0.15) is 1.43 Å². The van der Waals surface area contributed by atoms with Gasteiger partial charge in [-0.25, -0.2) is 0 Å². The van der Waals surface area contributed by atoms with Crippen molar-refractivity contribution < 1.29 is 75.9 Å². The Balaban J connectivity index is -0.00000000286. The smallest absolute Gasteiger partial charge is 1.00 e. The zero-order chi connectivity index (χ0) is 4.50. The van der Waals surface area contributed by atoms with Gasteiger partial charge in [0, 0.05) is 0 Å². The molecule has 0 aromatic carbocycles. The summed E-state index contributed by atoms with van der Waals surface area (Å²) in [6, 6.07) is 0. The molecule has 0 aliphatic carbocycles. The normalized spacial score (nSPS) is 4.83. The first-order chi connectivity index (χ1) is 2.00. The molecule has 0 saturated carbocycles. The summed E-state index contributed by atoms with van der Waals surface area (Å²) in [5.74, 6) is 0. The van der Waals surface area contributed by atoms with Crippen LogP contribution in [0.25, 0.3) is 0 Å². The van der Waals surface area contributed by atoms with Crippen LogP contribution in [0.15, 0.2) is 0 Å². The van der Waals surface area contributed by atoms with E-state index in [0.717, 1.165) is 0 Å². The first kappa shape index (κ1) is 74.6. The molecule has 0 aromatic rings. The minimum Gasteiger partial charge on any atom is -1.00 e. The van der Waals surface area contributed by atoms with Crippen LogP contribution in [0.2, 0.25) is 0 Å². The zero-order valence-corrected chi connectivity index (χ0v) is 9.94. The van der Waals surface area contributed by atoms with Crippen LogP contribution < -0.4 is 29.6 Å². The SMILES string of the molecule is O.O.O.O.O.O=S(=O)(O)O.S.[H-].[Na+]. The minimum atomic E-state index is -4.67. The van der Waals surface area contributed by atoms with Crippen LogP contribution in [0.5, 0.6) is 0 Å². The molecule has 0 unspecified atom stereocenters. The van der Waals surface area contributed by atoms with E-state index in [0.29, 0.717) is 0 Å². The largest absolute Gasteiger partial charge is 1.00 e. The van der Waals surface area contributed by atoms with Crippen LogP contribution in [0, 0.1) is 0 Å². The molecule has 0 amide bonds. The molecule has 82 valence electrons. The van der Waals surface area contributed by atoms with Gasteiger partial charge in [0.1, 0.15) is 0 Å². The van der Waals surface area contributed by atoms with Crippen LogP contribution in [0.4, 0.5) is 0 Å². The third-order valence-electron chi connectivity index (χ3n) is 0. The van der Waals surface area contributed by atoms with Crippen LogP contribution in [-0.2, 0) is 10.4 Å². The Hall–Kier alpha value is 1.02. The third-order valence-corrected chi connectivity index (χ3v) is 0. The van der Waals surface area contributed by atoms with Crippen molar-refractivity contribution in [2.24, 2.45) is 0 Å². The van der Waals surface area contributed by atoms with E-state index in [9.17, 15) is 0 Å². The van der Waals surface area contributed by atoms with Crippen molar-refractivity contribution in [3.8, 4) is 0 Å². The van der Waals surface area contributed by atoms with Crippen LogP contribution >= 0.6 is 13.5 Å². The number of rotatable bonds is 0. The van der Waals surface area contributed by atoms with Gasteiger partial charge in [0.2, 0.25) is 0 Å². The fraction of sp³-hybridized carbons (Fsp3) is 0. The Labute approximate surface area is 99.5 Å². The van der Waals surface area contributed by atoms with E-state index in [4.69, 9.17) is 17.5 Å². The van der Waals surface area contributed by atoms with Crippen molar-refractivity contribution in [2.75, 3.05) is 0 Å². The molecule has 9 nitrogen and oxygen atoms in total. The first-order valence-electron chi connectivity index (χ1n) is 0.698. The zero-order valence-electron chi connectivity index (χ0n) is 7.12. The van der Waals surface area contributed by atoms with Crippen molar-refractivity contribution in [3.05, 3.63) is 0 Å². The van der Waals surface area contributed by atoms with Gasteiger partial charge in [0.25, 0.3) is 0 Å². The molecule has 0 saturated heterocycles. The van der Waals surface area contributed by atoms with E-state index in [1.54, 1.807) is 0 Å². The van der Waals surface area contributed by atoms with Gasteiger partial charge in [-0.2, -0.15) is 21.9 Å². The van der Waals surface area contributed by atoms with E-state index in [1.807, 2.05) is 0 Å².